The van der Waals surface area contributed by atoms with Gasteiger partial charge in [-0.3, -0.25) is 4.79 Å². The van der Waals surface area contributed by atoms with Gasteiger partial charge in [0, 0.05) is 18.3 Å². The summed E-state index contributed by atoms with van der Waals surface area (Å²) < 4.78 is 23.6. The van der Waals surface area contributed by atoms with Crippen LogP contribution in [0.3, 0.4) is 0 Å². The lowest BCUT2D eigenvalue weighted by Gasteiger charge is -2.46. The Labute approximate surface area is 321 Å². The van der Waals surface area contributed by atoms with Crippen molar-refractivity contribution in [1.29, 1.82) is 0 Å². The van der Waals surface area contributed by atoms with Gasteiger partial charge in [0.25, 0.3) is 22.2 Å². The van der Waals surface area contributed by atoms with Crippen molar-refractivity contribution >= 4 is 43.5 Å². The molecule has 1 fully saturated rings. The molecule has 5 aromatic rings. The predicted octanol–water partition coefficient (Wildman–Crippen LogP) is 5.94. The van der Waals surface area contributed by atoms with Crippen LogP contribution in [0.5, 0.6) is 0 Å². The first-order valence-electron chi connectivity index (χ1n) is 18.5. The van der Waals surface area contributed by atoms with Gasteiger partial charge in [0.05, 0.1) is 12.4 Å². The molecule has 0 radical (unpaired) electrons. The van der Waals surface area contributed by atoms with E-state index < -0.39 is 51.8 Å². The first-order chi connectivity index (χ1) is 25.7. The second kappa shape index (κ2) is 15.7. The molecule has 10 heteroatoms. The Morgan fingerprint density at radius 1 is 0.741 bits per heavy atom. The number of hydrogen-bond donors (Lipinski definition) is 2. The highest BCUT2D eigenvalue weighted by Crippen LogP contribution is 2.43. The largest absolute Gasteiger partial charge is 0.512 e. The molecule has 1 saturated heterocycles. The number of nitrogens with zero attached hydrogens (tertiary/aromatic N) is 2. The van der Waals surface area contributed by atoms with Gasteiger partial charge in [0.1, 0.15) is 24.1 Å². The van der Waals surface area contributed by atoms with Crippen LogP contribution in [-0.2, 0) is 13.6 Å². The third-order valence-corrected chi connectivity index (χ3v) is 20.4. The van der Waals surface area contributed by atoms with Gasteiger partial charge in [-0.05, 0) is 37.7 Å². The van der Waals surface area contributed by atoms with Crippen LogP contribution in [0.2, 0.25) is 10.1 Å². The van der Waals surface area contributed by atoms with Crippen LogP contribution in [0, 0.1) is 0 Å². The first kappa shape index (κ1) is 39.3. The van der Waals surface area contributed by atoms with Crippen molar-refractivity contribution in [2.45, 2.75) is 83.1 Å². The third-order valence-electron chi connectivity index (χ3n) is 10.4. The number of ether oxygens (including phenoxy) is 1. The Morgan fingerprint density at radius 2 is 1.17 bits per heavy atom. The molecular formula is C44H52N2O6Si2. The minimum absolute atomic E-state index is 0.0407. The van der Waals surface area contributed by atoms with Gasteiger partial charge in [0.15, 0.2) is 6.23 Å². The van der Waals surface area contributed by atoms with Gasteiger partial charge < -0.3 is 28.4 Å². The van der Waals surface area contributed by atoms with Crippen LogP contribution in [0.1, 0.15) is 60.5 Å². The van der Waals surface area contributed by atoms with Crippen molar-refractivity contribution < 1.29 is 23.8 Å². The fourth-order valence-electron chi connectivity index (χ4n) is 8.03. The summed E-state index contributed by atoms with van der Waals surface area (Å²) in [6.45, 7) is 14.9. The molecule has 0 spiro atoms. The minimum Gasteiger partial charge on any atom is -0.512 e. The molecule has 2 heterocycles. The van der Waals surface area contributed by atoms with Crippen molar-refractivity contribution in [3.63, 3.8) is 0 Å². The second-order valence-electron chi connectivity index (χ2n) is 16.1. The van der Waals surface area contributed by atoms with Gasteiger partial charge in [0.2, 0.25) is 0 Å². The maximum absolute atomic E-state index is 12.6. The normalized spacial score (nSPS) is 19.9. The van der Waals surface area contributed by atoms with Gasteiger partial charge >= 0.3 is 0 Å². The molecule has 282 valence electrons. The molecule has 54 heavy (non-hydrogen) atoms. The average Bonchev–Trinajstić information content (AvgIpc) is 3.44. The first-order valence-corrected chi connectivity index (χ1v) is 22.3. The number of aliphatic hydroxyl groups is 2. The molecule has 1 aliphatic rings. The smallest absolute Gasteiger partial charge is 0.273 e. The van der Waals surface area contributed by atoms with Gasteiger partial charge in [-0.1, -0.05) is 163 Å². The van der Waals surface area contributed by atoms with E-state index in [-0.39, 0.29) is 23.2 Å². The van der Waals surface area contributed by atoms with Crippen LogP contribution in [0.25, 0.3) is 6.08 Å². The van der Waals surface area contributed by atoms with Gasteiger partial charge in [-0.15, -0.1) is 0 Å². The summed E-state index contributed by atoms with van der Waals surface area (Å²) in [6, 6.07) is 42.8. The SMILES string of the molecule is C/C(O)=C\c1nc(=O)ccn1[C@@H]1O[C@H](CO[Si](c2ccccc2)(c2ccccc2)C(C)(C)C)[C@@H](O[Si](c2ccccc2)(c2ccccc2)C(C)(C)C)[C@@H]1O. The van der Waals surface area contributed by atoms with E-state index in [1.807, 2.05) is 48.5 Å². The standard InChI is InChI=1S/C44H52N2O6Si2/c1-32(47)30-38-45-39(48)28-29-46(38)42-40(49)41(52-54(44(5,6)7,35-24-16-10-17-25-35)36-26-18-11-19-27-36)37(51-42)31-50-53(43(2,3)4,33-20-12-8-13-21-33)34-22-14-9-15-23-34/h8-30,37,40-42,47,49H,31H2,1-7H3/b32-30+/t37-,40+,41-,42-/m1/s1. The fourth-order valence-corrected chi connectivity index (χ4v) is 17.3. The molecule has 8 nitrogen and oxygen atoms in total. The fraction of sp³-hybridized carbons (Fsp3) is 0.318. The zero-order chi connectivity index (χ0) is 38.7. The van der Waals surface area contributed by atoms with Gasteiger partial charge in [-0.2, -0.15) is 4.98 Å². The lowest BCUT2D eigenvalue weighted by molar-refractivity contribution is -0.0511. The van der Waals surface area contributed by atoms with Crippen molar-refractivity contribution in [2.24, 2.45) is 0 Å². The molecular weight excluding hydrogens is 709 g/mol. The van der Waals surface area contributed by atoms with E-state index in [1.165, 1.54) is 19.1 Å². The molecule has 2 N–H and O–H groups in total. The van der Waals surface area contributed by atoms with E-state index in [0.717, 1.165) is 20.7 Å². The molecule has 0 unspecified atom stereocenters. The Hall–Kier alpha value is -4.43. The van der Waals surface area contributed by atoms with E-state index >= 15 is 0 Å². The van der Waals surface area contributed by atoms with E-state index in [9.17, 15) is 15.0 Å². The Morgan fingerprint density at radius 3 is 1.57 bits per heavy atom. The monoisotopic (exact) mass is 760 g/mol. The molecule has 0 amide bonds. The highest BCUT2D eigenvalue weighted by atomic mass is 28.4. The minimum atomic E-state index is -3.23. The topological polar surface area (TPSA) is 103 Å². The Kier molecular flexibility index (Phi) is 11.4. The summed E-state index contributed by atoms with van der Waals surface area (Å²) in [6.07, 6.45) is -0.912. The lowest BCUT2D eigenvalue weighted by atomic mass is 10.1. The maximum Gasteiger partial charge on any atom is 0.273 e. The lowest BCUT2D eigenvalue weighted by Crippen LogP contribution is -2.69. The second-order valence-corrected chi connectivity index (χ2v) is 24.7. The molecule has 1 aliphatic heterocycles. The number of aliphatic hydroxyl groups excluding tert-OH is 2. The van der Waals surface area contributed by atoms with Crippen molar-refractivity contribution in [2.75, 3.05) is 6.61 Å². The number of aromatic nitrogens is 2. The van der Waals surface area contributed by atoms with Crippen molar-refractivity contribution in [1.82, 2.24) is 9.55 Å². The summed E-state index contributed by atoms with van der Waals surface area (Å²) in [5.41, 5.74) is -0.474. The molecule has 0 aliphatic carbocycles. The molecule has 1 aromatic heterocycles. The molecule has 0 saturated carbocycles. The zero-order valence-electron chi connectivity index (χ0n) is 32.2. The summed E-state index contributed by atoms with van der Waals surface area (Å²) in [4.78, 5) is 16.6. The predicted molar refractivity (Wildman–Crippen MR) is 221 cm³/mol. The average molecular weight is 761 g/mol. The summed E-state index contributed by atoms with van der Waals surface area (Å²) in [7, 11) is -6.27. The molecule has 6 rings (SSSR count). The number of hydrogen-bond acceptors (Lipinski definition) is 7. The van der Waals surface area contributed by atoms with Crippen LogP contribution < -0.4 is 26.3 Å². The van der Waals surface area contributed by atoms with E-state index in [4.69, 9.17) is 13.6 Å². The quantitative estimate of drug-likeness (QED) is 0.127. The number of allylic oxidation sites excluding steroid dienone is 1. The summed E-state index contributed by atoms with van der Waals surface area (Å²) in [5.74, 6) is 0.116. The highest BCUT2D eigenvalue weighted by Gasteiger charge is 2.58. The number of benzene rings is 4. The highest BCUT2D eigenvalue weighted by molar-refractivity contribution is 7.00. The van der Waals surface area contributed by atoms with Crippen LogP contribution in [-0.4, -0.2) is 61.3 Å². The van der Waals surface area contributed by atoms with Gasteiger partial charge in [-0.25, -0.2) is 0 Å². The Balaban J connectivity index is 1.53. The van der Waals surface area contributed by atoms with Crippen molar-refractivity contribution in [3.05, 3.63) is 156 Å². The van der Waals surface area contributed by atoms with Crippen LogP contribution >= 0.6 is 0 Å². The third kappa shape index (κ3) is 7.46. The van der Waals surface area contributed by atoms with Crippen LogP contribution in [0.15, 0.2) is 144 Å². The zero-order valence-corrected chi connectivity index (χ0v) is 34.2. The maximum atomic E-state index is 12.6. The molecule has 4 atom stereocenters. The van der Waals surface area contributed by atoms with E-state index in [0.29, 0.717) is 0 Å². The Bertz CT molecular complexity index is 2000. The van der Waals surface area contributed by atoms with Crippen LogP contribution in [0.4, 0.5) is 0 Å². The van der Waals surface area contributed by atoms with Crippen molar-refractivity contribution in [3.8, 4) is 0 Å². The molecule has 4 aromatic carbocycles. The summed E-state index contributed by atoms with van der Waals surface area (Å²) in [5, 5.41) is 26.5. The summed E-state index contributed by atoms with van der Waals surface area (Å²) >= 11 is 0. The van der Waals surface area contributed by atoms with E-state index in [1.54, 1.807) is 10.8 Å². The number of rotatable bonds is 11. The van der Waals surface area contributed by atoms with E-state index in [2.05, 4.69) is 119 Å². The molecule has 0 bridgehead atoms.